The summed E-state index contributed by atoms with van der Waals surface area (Å²) < 4.78 is 19.2. The maximum Gasteiger partial charge on any atom is 0.233 e. The van der Waals surface area contributed by atoms with Crippen molar-refractivity contribution in [2.75, 3.05) is 7.11 Å². The number of thiazole rings is 1. The fourth-order valence-corrected chi connectivity index (χ4v) is 4.82. The normalized spacial score (nSPS) is 11.9. The Bertz CT molecular complexity index is 1220. The smallest absolute Gasteiger partial charge is 0.233 e. The fourth-order valence-electron chi connectivity index (χ4n) is 4.04. The highest BCUT2D eigenvalue weighted by Crippen LogP contribution is 2.39. The van der Waals surface area contributed by atoms with E-state index in [0.29, 0.717) is 11.8 Å². The molecule has 4 aromatic rings. The lowest BCUT2D eigenvalue weighted by atomic mass is 9.99. The molecule has 4 rings (SSSR count). The predicted octanol–water partition coefficient (Wildman–Crippen LogP) is 6.89. The first-order valence-corrected chi connectivity index (χ1v) is 11.2. The van der Waals surface area contributed by atoms with Crippen LogP contribution in [0.15, 0.2) is 22.1 Å². The summed E-state index contributed by atoms with van der Waals surface area (Å²) in [5.41, 5.74) is 8.97. The molecule has 0 fully saturated rings. The maximum absolute atomic E-state index is 6.25. The van der Waals surface area contributed by atoms with Crippen LogP contribution < -0.4 is 9.47 Å². The van der Waals surface area contributed by atoms with Crippen LogP contribution in [0.3, 0.4) is 0 Å². The first-order valence-electron chi connectivity index (χ1n) is 10.3. The molecular formula is C24H28N2O3S. The number of hydrogen-bond acceptors (Lipinski definition) is 6. The number of ether oxygens (including phenoxy) is 2. The summed E-state index contributed by atoms with van der Waals surface area (Å²) in [5, 5.41) is 0. The van der Waals surface area contributed by atoms with Gasteiger partial charge < -0.3 is 13.9 Å². The van der Waals surface area contributed by atoms with E-state index in [2.05, 4.69) is 45.7 Å². The molecule has 2 aromatic carbocycles. The number of fused-ring (bicyclic) bond motifs is 2. The van der Waals surface area contributed by atoms with Crippen LogP contribution >= 0.6 is 11.3 Å². The first-order chi connectivity index (χ1) is 14.3. The molecule has 6 heteroatoms. The zero-order chi connectivity index (χ0) is 21.6. The second kappa shape index (κ2) is 7.91. The van der Waals surface area contributed by atoms with E-state index in [0.717, 1.165) is 44.8 Å². The molecular weight excluding hydrogens is 396 g/mol. The van der Waals surface area contributed by atoms with Gasteiger partial charge in [0.25, 0.3) is 0 Å². The van der Waals surface area contributed by atoms with Gasteiger partial charge >= 0.3 is 0 Å². The van der Waals surface area contributed by atoms with Crippen molar-refractivity contribution in [3.8, 4) is 11.5 Å². The van der Waals surface area contributed by atoms with Crippen molar-refractivity contribution in [2.45, 2.75) is 60.0 Å². The summed E-state index contributed by atoms with van der Waals surface area (Å²) >= 11 is 1.67. The Kier molecular flexibility index (Phi) is 5.45. The Balaban J connectivity index is 1.73. The Labute approximate surface area is 181 Å². The minimum absolute atomic E-state index is 0.257. The van der Waals surface area contributed by atoms with Crippen LogP contribution in [0.25, 0.3) is 21.3 Å². The third-order valence-corrected chi connectivity index (χ3v) is 6.38. The van der Waals surface area contributed by atoms with Crippen LogP contribution in [0.5, 0.6) is 11.5 Å². The lowest BCUT2D eigenvalue weighted by molar-refractivity contribution is 0.264. The molecule has 0 N–H and O–H groups in total. The van der Waals surface area contributed by atoms with Crippen molar-refractivity contribution in [3.05, 3.63) is 45.8 Å². The Morgan fingerprint density at radius 3 is 2.33 bits per heavy atom. The average Bonchev–Trinajstić information content (AvgIpc) is 3.33. The summed E-state index contributed by atoms with van der Waals surface area (Å²) in [6.45, 7) is 13.0. The van der Waals surface area contributed by atoms with Crippen molar-refractivity contribution in [2.24, 2.45) is 0 Å². The highest BCUT2D eigenvalue weighted by molar-refractivity contribution is 7.17. The third-order valence-electron chi connectivity index (χ3n) is 5.42. The fraction of sp³-hybridized carbons (Fsp3) is 0.417. The van der Waals surface area contributed by atoms with Gasteiger partial charge in [0.15, 0.2) is 12.2 Å². The summed E-state index contributed by atoms with van der Waals surface area (Å²) in [6.07, 6.45) is 0. The number of benzene rings is 2. The van der Waals surface area contributed by atoms with Crippen LogP contribution in [0, 0.1) is 13.8 Å². The van der Waals surface area contributed by atoms with Gasteiger partial charge in [-0.05, 0) is 48.9 Å². The molecule has 0 aliphatic rings. The number of aryl methyl sites for hydroxylation is 2. The van der Waals surface area contributed by atoms with E-state index >= 15 is 0 Å². The minimum Gasteiger partial charge on any atom is -0.496 e. The molecule has 0 aliphatic heterocycles. The van der Waals surface area contributed by atoms with Crippen molar-refractivity contribution in [3.63, 3.8) is 0 Å². The zero-order valence-corrected chi connectivity index (χ0v) is 19.4. The molecule has 0 amide bonds. The Hall–Kier alpha value is -2.60. The molecule has 158 valence electrons. The molecule has 2 heterocycles. The van der Waals surface area contributed by atoms with E-state index in [9.17, 15) is 0 Å². The maximum atomic E-state index is 6.25. The van der Waals surface area contributed by atoms with E-state index in [1.54, 1.807) is 18.4 Å². The standard InChI is InChI=1S/C24H28N2O3S/c1-12(2)19-17(9-15(6)24-22(19)25-11-30-24)28-10-18-26-21-14(5)8-16(27-7)20(13(3)4)23(21)29-18/h8-9,11-13H,10H2,1-7H3. The Morgan fingerprint density at radius 2 is 1.67 bits per heavy atom. The molecule has 5 nitrogen and oxygen atoms in total. The predicted molar refractivity (Wildman–Crippen MR) is 122 cm³/mol. The molecule has 0 unspecified atom stereocenters. The van der Waals surface area contributed by atoms with Gasteiger partial charge in [0, 0.05) is 11.1 Å². The molecule has 0 bridgehead atoms. The summed E-state index contributed by atoms with van der Waals surface area (Å²) in [4.78, 5) is 9.33. The number of hydrogen-bond donors (Lipinski definition) is 0. The third kappa shape index (κ3) is 3.43. The highest BCUT2D eigenvalue weighted by Gasteiger charge is 2.21. The number of rotatable bonds is 6. The quantitative estimate of drug-likeness (QED) is 0.337. The van der Waals surface area contributed by atoms with Crippen LogP contribution in [0.2, 0.25) is 0 Å². The highest BCUT2D eigenvalue weighted by atomic mass is 32.1. The number of nitrogens with zero attached hydrogens (tertiary/aromatic N) is 2. The van der Waals surface area contributed by atoms with Gasteiger partial charge in [-0.15, -0.1) is 11.3 Å². The molecule has 30 heavy (non-hydrogen) atoms. The zero-order valence-electron chi connectivity index (χ0n) is 18.6. The van der Waals surface area contributed by atoms with Crippen molar-refractivity contribution < 1.29 is 13.9 Å². The molecule has 0 saturated carbocycles. The molecule has 0 radical (unpaired) electrons. The van der Waals surface area contributed by atoms with Crippen LogP contribution in [0.4, 0.5) is 0 Å². The largest absolute Gasteiger partial charge is 0.496 e. The van der Waals surface area contributed by atoms with Gasteiger partial charge in [-0.2, -0.15) is 0 Å². The van der Waals surface area contributed by atoms with Gasteiger partial charge in [0.2, 0.25) is 5.89 Å². The topological polar surface area (TPSA) is 57.4 Å². The number of oxazole rings is 1. The van der Waals surface area contributed by atoms with Gasteiger partial charge in [-0.25, -0.2) is 9.97 Å². The SMILES string of the molecule is COc1cc(C)c2nc(COc3cc(C)c4scnc4c3C(C)C)oc2c1C(C)C. The molecule has 0 saturated heterocycles. The molecule has 0 atom stereocenters. The van der Waals surface area contributed by atoms with Crippen LogP contribution in [0.1, 0.15) is 67.7 Å². The van der Waals surface area contributed by atoms with Gasteiger partial charge in [0.05, 0.1) is 22.8 Å². The Morgan fingerprint density at radius 1 is 0.967 bits per heavy atom. The summed E-state index contributed by atoms with van der Waals surface area (Å²) in [6, 6.07) is 4.13. The summed E-state index contributed by atoms with van der Waals surface area (Å²) in [7, 11) is 1.69. The van der Waals surface area contributed by atoms with Crippen molar-refractivity contribution >= 4 is 32.7 Å². The van der Waals surface area contributed by atoms with Gasteiger partial charge in [-0.1, -0.05) is 27.7 Å². The lowest BCUT2D eigenvalue weighted by Crippen LogP contribution is -2.02. The molecule has 0 spiro atoms. The molecule has 2 aromatic heterocycles. The van der Waals surface area contributed by atoms with E-state index in [-0.39, 0.29) is 12.5 Å². The second-order valence-corrected chi connectivity index (χ2v) is 9.18. The second-order valence-electron chi connectivity index (χ2n) is 8.33. The first kappa shape index (κ1) is 20.7. The van der Waals surface area contributed by atoms with E-state index < -0.39 is 0 Å². The number of methoxy groups -OCH3 is 1. The van der Waals surface area contributed by atoms with Gasteiger partial charge in [-0.3, -0.25) is 0 Å². The van der Waals surface area contributed by atoms with E-state index in [1.165, 1.54) is 10.3 Å². The molecule has 0 aliphatic carbocycles. The monoisotopic (exact) mass is 424 g/mol. The van der Waals surface area contributed by atoms with Crippen LogP contribution in [-0.4, -0.2) is 17.1 Å². The summed E-state index contributed by atoms with van der Waals surface area (Å²) in [5.74, 6) is 2.81. The lowest BCUT2D eigenvalue weighted by Gasteiger charge is -2.15. The average molecular weight is 425 g/mol. The van der Waals surface area contributed by atoms with E-state index in [4.69, 9.17) is 18.9 Å². The van der Waals surface area contributed by atoms with Crippen LogP contribution in [-0.2, 0) is 6.61 Å². The van der Waals surface area contributed by atoms with Gasteiger partial charge in [0.1, 0.15) is 17.0 Å². The minimum atomic E-state index is 0.257. The van der Waals surface area contributed by atoms with Crippen molar-refractivity contribution in [1.82, 2.24) is 9.97 Å². The van der Waals surface area contributed by atoms with E-state index in [1.807, 2.05) is 18.5 Å². The van der Waals surface area contributed by atoms with Crippen molar-refractivity contribution in [1.29, 1.82) is 0 Å². The number of aromatic nitrogens is 2.